The van der Waals surface area contributed by atoms with E-state index in [9.17, 15) is 13.2 Å². The molecule has 2 atom stereocenters. The van der Waals surface area contributed by atoms with E-state index in [0.29, 0.717) is 25.2 Å². The number of hydrogen-bond acceptors (Lipinski definition) is 4. The highest BCUT2D eigenvalue weighted by atomic mass is 32.2. The third-order valence-electron chi connectivity index (χ3n) is 3.48. The van der Waals surface area contributed by atoms with Gasteiger partial charge in [-0.25, -0.2) is 8.42 Å². The Labute approximate surface area is 95.8 Å². The van der Waals surface area contributed by atoms with E-state index < -0.39 is 21.5 Å². The summed E-state index contributed by atoms with van der Waals surface area (Å²) < 4.78 is 25.2. The normalized spacial score (nSPS) is 33.9. The molecule has 3 N–H and O–H groups in total. The Kier molecular flexibility index (Phi) is 2.54. The Morgan fingerprint density at radius 2 is 2.00 bits per heavy atom. The van der Waals surface area contributed by atoms with Crippen LogP contribution in [0.5, 0.6) is 0 Å². The molecule has 0 radical (unpaired) electrons. The maximum atomic E-state index is 11.8. The van der Waals surface area contributed by atoms with Crippen LogP contribution in [0.2, 0.25) is 0 Å². The van der Waals surface area contributed by atoms with E-state index >= 15 is 0 Å². The van der Waals surface area contributed by atoms with Gasteiger partial charge in [0.1, 0.15) is 0 Å². The number of amides is 1. The molecular formula is C10H18N2O3S. The highest BCUT2D eigenvalue weighted by Gasteiger charge is 2.59. The number of nitrogens with two attached hydrogens (primary N) is 1. The van der Waals surface area contributed by atoms with Gasteiger partial charge in [0.15, 0.2) is 0 Å². The second-order valence-corrected chi connectivity index (χ2v) is 7.23. The van der Waals surface area contributed by atoms with Crippen LogP contribution in [0.4, 0.5) is 0 Å². The van der Waals surface area contributed by atoms with Crippen LogP contribution in [0.1, 0.15) is 33.1 Å². The second kappa shape index (κ2) is 3.43. The zero-order valence-corrected chi connectivity index (χ0v) is 10.4. The van der Waals surface area contributed by atoms with Crippen LogP contribution >= 0.6 is 0 Å². The molecule has 0 aromatic carbocycles. The maximum Gasteiger partial charge on any atom is 0.253 e. The van der Waals surface area contributed by atoms with Gasteiger partial charge < -0.3 is 5.73 Å². The zero-order chi connectivity index (χ0) is 12.1. The van der Waals surface area contributed by atoms with Gasteiger partial charge in [-0.1, -0.05) is 13.8 Å². The van der Waals surface area contributed by atoms with E-state index in [4.69, 9.17) is 5.73 Å². The summed E-state index contributed by atoms with van der Waals surface area (Å²) >= 11 is 0. The predicted octanol–water partition coefficient (Wildman–Crippen LogP) is -0.0318. The highest BCUT2D eigenvalue weighted by Crippen LogP contribution is 2.46. The Morgan fingerprint density at radius 1 is 1.44 bits per heavy atom. The van der Waals surface area contributed by atoms with E-state index in [1.165, 1.54) is 0 Å². The van der Waals surface area contributed by atoms with Crippen molar-refractivity contribution in [2.24, 2.45) is 17.6 Å². The molecule has 2 rings (SSSR count). The molecule has 92 valence electrons. The standard InChI is InChI=1S/C10H18N2O3S/c1-6(2)8-5-10(8,11)9(13)12-16(14,15)7-3-4-7/h6-8H,3-5,11H2,1-2H3,(H,12,13)/t8-,10+/m0/s1. The van der Waals surface area contributed by atoms with Crippen LogP contribution in [0.25, 0.3) is 0 Å². The molecule has 0 saturated heterocycles. The quantitative estimate of drug-likeness (QED) is 0.729. The second-order valence-electron chi connectivity index (χ2n) is 5.27. The Balaban J connectivity index is 2.00. The number of nitrogens with one attached hydrogen (secondary N) is 1. The third-order valence-corrected chi connectivity index (χ3v) is 5.30. The van der Waals surface area contributed by atoms with Crippen molar-refractivity contribution < 1.29 is 13.2 Å². The van der Waals surface area contributed by atoms with Crippen molar-refractivity contribution in [2.45, 2.75) is 43.9 Å². The molecule has 0 aromatic rings. The largest absolute Gasteiger partial charge is 0.317 e. The van der Waals surface area contributed by atoms with E-state index in [1.807, 2.05) is 13.8 Å². The smallest absolute Gasteiger partial charge is 0.253 e. The van der Waals surface area contributed by atoms with Crippen LogP contribution < -0.4 is 10.5 Å². The molecule has 0 heterocycles. The minimum atomic E-state index is -3.46. The molecule has 0 aliphatic heterocycles. The molecular weight excluding hydrogens is 228 g/mol. The van der Waals surface area contributed by atoms with Gasteiger partial charge in [-0.3, -0.25) is 9.52 Å². The lowest BCUT2D eigenvalue weighted by molar-refractivity contribution is -0.122. The monoisotopic (exact) mass is 246 g/mol. The van der Waals surface area contributed by atoms with Crippen molar-refractivity contribution in [1.82, 2.24) is 4.72 Å². The number of rotatable bonds is 4. The highest BCUT2D eigenvalue weighted by molar-refractivity contribution is 7.90. The molecule has 6 heteroatoms. The van der Waals surface area contributed by atoms with Gasteiger partial charge in [-0.15, -0.1) is 0 Å². The fourth-order valence-corrected chi connectivity index (χ4v) is 3.45. The van der Waals surface area contributed by atoms with Crippen molar-refractivity contribution in [3.8, 4) is 0 Å². The maximum absolute atomic E-state index is 11.8. The molecule has 5 nitrogen and oxygen atoms in total. The molecule has 2 aliphatic carbocycles. The van der Waals surface area contributed by atoms with Gasteiger partial charge in [0.25, 0.3) is 5.91 Å². The summed E-state index contributed by atoms with van der Waals surface area (Å²) in [6.07, 6.45) is 1.87. The molecule has 2 fully saturated rings. The van der Waals surface area contributed by atoms with E-state index in [1.54, 1.807) is 0 Å². The molecule has 2 aliphatic rings. The topological polar surface area (TPSA) is 89.3 Å². The molecule has 0 bridgehead atoms. The van der Waals surface area contributed by atoms with Gasteiger partial charge in [-0.05, 0) is 31.1 Å². The summed E-state index contributed by atoms with van der Waals surface area (Å²) in [7, 11) is -3.46. The predicted molar refractivity (Wildman–Crippen MR) is 59.9 cm³/mol. The van der Waals surface area contributed by atoms with Crippen LogP contribution in [-0.2, 0) is 14.8 Å². The first kappa shape index (κ1) is 11.9. The van der Waals surface area contributed by atoms with Gasteiger partial charge in [0, 0.05) is 0 Å². The summed E-state index contributed by atoms with van der Waals surface area (Å²) in [6, 6.07) is 0. The number of sulfonamides is 1. The summed E-state index contributed by atoms with van der Waals surface area (Å²) in [5, 5.41) is -0.378. The van der Waals surface area contributed by atoms with E-state index in [-0.39, 0.29) is 11.2 Å². The average Bonchev–Trinajstić information content (AvgIpc) is 2.95. The molecule has 0 aromatic heterocycles. The first-order valence-electron chi connectivity index (χ1n) is 5.62. The lowest BCUT2D eigenvalue weighted by atomic mass is 10.0. The van der Waals surface area contributed by atoms with Crippen molar-refractivity contribution >= 4 is 15.9 Å². The van der Waals surface area contributed by atoms with Gasteiger partial charge in [0.05, 0.1) is 10.8 Å². The number of hydrogen-bond donors (Lipinski definition) is 2. The molecule has 1 amide bonds. The van der Waals surface area contributed by atoms with Crippen molar-refractivity contribution in [3.63, 3.8) is 0 Å². The lowest BCUT2D eigenvalue weighted by Crippen LogP contribution is -2.48. The molecule has 0 unspecified atom stereocenters. The van der Waals surface area contributed by atoms with E-state index in [0.717, 1.165) is 0 Å². The van der Waals surface area contributed by atoms with Gasteiger partial charge in [0.2, 0.25) is 10.0 Å². The number of carbonyl (C=O) groups excluding carboxylic acids is 1. The van der Waals surface area contributed by atoms with Crippen LogP contribution in [0, 0.1) is 11.8 Å². The molecule has 0 spiro atoms. The first-order chi connectivity index (χ1) is 7.27. The van der Waals surface area contributed by atoms with Gasteiger partial charge >= 0.3 is 0 Å². The van der Waals surface area contributed by atoms with Crippen molar-refractivity contribution in [2.75, 3.05) is 0 Å². The molecule has 2 saturated carbocycles. The van der Waals surface area contributed by atoms with Crippen LogP contribution in [0.15, 0.2) is 0 Å². The first-order valence-corrected chi connectivity index (χ1v) is 7.17. The average molecular weight is 246 g/mol. The summed E-state index contributed by atoms with van der Waals surface area (Å²) in [5.74, 6) is -0.126. The summed E-state index contributed by atoms with van der Waals surface area (Å²) in [6.45, 7) is 3.98. The summed E-state index contributed by atoms with van der Waals surface area (Å²) in [4.78, 5) is 11.8. The van der Waals surface area contributed by atoms with E-state index in [2.05, 4.69) is 4.72 Å². The van der Waals surface area contributed by atoms with Gasteiger partial charge in [-0.2, -0.15) is 0 Å². The lowest BCUT2D eigenvalue weighted by Gasteiger charge is -2.13. The molecule has 16 heavy (non-hydrogen) atoms. The van der Waals surface area contributed by atoms with Crippen molar-refractivity contribution in [3.05, 3.63) is 0 Å². The fraction of sp³-hybridized carbons (Fsp3) is 0.900. The minimum absolute atomic E-state index is 0.0990. The zero-order valence-electron chi connectivity index (χ0n) is 9.56. The summed E-state index contributed by atoms with van der Waals surface area (Å²) in [5.41, 5.74) is 4.92. The Hall–Kier alpha value is -0.620. The Bertz CT molecular complexity index is 414. The van der Waals surface area contributed by atoms with Crippen LogP contribution in [0.3, 0.4) is 0 Å². The Morgan fingerprint density at radius 3 is 2.38 bits per heavy atom. The minimum Gasteiger partial charge on any atom is -0.317 e. The van der Waals surface area contributed by atoms with Crippen molar-refractivity contribution in [1.29, 1.82) is 0 Å². The van der Waals surface area contributed by atoms with Crippen LogP contribution in [-0.4, -0.2) is 25.1 Å². The SMILES string of the molecule is CC(C)[C@@H]1C[C@]1(N)C(=O)NS(=O)(=O)C1CC1. The number of carbonyl (C=O) groups is 1. The fourth-order valence-electron chi connectivity index (χ4n) is 2.08. The third kappa shape index (κ3) is 1.96.